The number of carbonyl (C=O) groups is 2. The van der Waals surface area contributed by atoms with Gasteiger partial charge in [-0.05, 0) is 25.2 Å². The van der Waals surface area contributed by atoms with Crippen molar-refractivity contribution in [3.05, 3.63) is 5.82 Å². The van der Waals surface area contributed by atoms with Gasteiger partial charge >= 0.3 is 6.03 Å². The van der Waals surface area contributed by atoms with E-state index in [2.05, 4.69) is 31.1 Å². The van der Waals surface area contributed by atoms with Crippen molar-refractivity contribution in [2.24, 2.45) is 5.92 Å². The molecule has 4 rings (SSSR count). The Morgan fingerprint density at radius 2 is 2.04 bits per heavy atom. The molecule has 28 heavy (non-hydrogen) atoms. The van der Waals surface area contributed by atoms with Gasteiger partial charge in [0.15, 0.2) is 0 Å². The highest BCUT2D eigenvalue weighted by molar-refractivity contribution is 8.00. The van der Waals surface area contributed by atoms with Crippen molar-refractivity contribution in [2.45, 2.75) is 81.5 Å². The Morgan fingerprint density at radius 1 is 1.18 bits per heavy atom. The zero-order valence-electron chi connectivity index (χ0n) is 16.2. The van der Waals surface area contributed by atoms with E-state index >= 15 is 0 Å². The number of nitrogens with zero attached hydrogens (tertiary/aromatic N) is 2. The van der Waals surface area contributed by atoms with Crippen LogP contribution >= 0.6 is 11.8 Å². The third kappa shape index (κ3) is 4.98. The van der Waals surface area contributed by atoms with E-state index in [1.165, 1.54) is 25.7 Å². The lowest BCUT2D eigenvalue weighted by atomic mass is 10.0. The average Bonchev–Trinajstić information content (AvgIpc) is 3.43. The molecule has 4 N–H and O–H groups in total. The molecule has 8 nitrogen and oxygen atoms in total. The van der Waals surface area contributed by atoms with E-state index in [0.29, 0.717) is 17.6 Å². The molecule has 2 saturated heterocycles. The van der Waals surface area contributed by atoms with Gasteiger partial charge in [-0.2, -0.15) is 16.7 Å². The maximum atomic E-state index is 12.1. The lowest BCUT2D eigenvalue weighted by Crippen LogP contribution is -2.36. The van der Waals surface area contributed by atoms with Crippen LogP contribution in [0.1, 0.15) is 63.6 Å². The van der Waals surface area contributed by atoms with Crippen LogP contribution in [0.4, 0.5) is 10.7 Å². The van der Waals surface area contributed by atoms with E-state index in [-0.39, 0.29) is 24.0 Å². The molecule has 3 atom stereocenters. The molecule has 0 bridgehead atoms. The average molecular weight is 407 g/mol. The summed E-state index contributed by atoms with van der Waals surface area (Å²) >= 11 is 1.91. The van der Waals surface area contributed by atoms with Gasteiger partial charge in [-0.3, -0.25) is 15.2 Å². The lowest BCUT2D eigenvalue weighted by Gasteiger charge is -2.16. The van der Waals surface area contributed by atoms with Crippen LogP contribution in [0.15, 0.2) is 0 Å². The smallest absolute Gasteiger partial charge is 0.315 e. The molecule has 3 heterocycles. The van der Waals surface area contributed by atoms with E-state index in [1.807, 2.05) is 11.8 Å². The van der Waals surface area contributed by atoms with Crippen molar-refractivity contribution in [2.75, 3.05) is 11.1 Å². The van der Waals surface area contributed by atoms with E-state index in [4.69, 9.17) is 0 Å². The number of aromatic amines is 1. The number of urea groups is 1. The molecule has 3 aliphatic rings. The van der Waals surface area contributed by atoms with Crippen molar-refractivity contribution in [3.63, 3.8) is 0 Å². The molecule has 9 heteroatoms. The van der Waals surface area contributed by atoms with E-state index < -0.39 is 0 Å². The minimum Gasteiger partial charge on any atom is -0.332 e. The Hall–Kier alpha value is -1.77. The summed E-state index contributed by atoms with van der Waals surface area (Å²) < 4.78 is 0. The van der Waals surface area contributed by atoms with Gasteiger partial charge in [-0.15, -0.1) is 5.10 Å². The van der Waals surface area contributed by atoms with Crippen LogP contribution in [-0.2, 0) is 11.2 Å². The van der Waals surface area contributed by atoms with Crippen LogP contribution < -0.4 is 16.0 Å². The number of hydrogen-bond donors (Lipinski definition) is 4. The summed E-state index contributed by atoms with van der Waals surface area (Å²) in [6.45, 7) is 0. The number of aryl methyl sites for hydroxylation is 1. The maximum Gasteiger partial charge on any atom is 0.315 e. The summed E-state index contributed by atoms with van der Waals surface area (Å²) in [6.07, 6.45) is 10.7. The number of anilines is 1. The predicted molar refractivity (Wildman–Crippen MR) is 109 cm³/mol. The highest BCUT2D eigenvalue weighted by atomic mass is 32.2. The first-order valence-electron chi connectivity index (χ1n) is 10.6. The van der Waals surface area contributed by atoms with Crippen molar-refractivity contribution in [1.29, 1.82) is 0 Å². The molecule has 1 aromatic heterocycles. The molecule has 0 radical (unpaired) electrons. The Balaban J connectivity index is 1.11. The van der Waals surface area contributed by atoms with Crippen molar-refractivity contribution in [3.8, 4) is 0 Å². The quantitative estimate of drug-likeness (QED) is 0.372. The molecule has 1 aliphatic carbocycles. The number of fused-ring (bicyclic) bond motifs is 1. The molecular weight excluding hydrogens is 376 g/mol. The van der Waals surface area contributed by atoms with Crippen molar-refractivity contribution in [1.82, 2.24) is 25.8 Å². The van der Waals surface area contributed by atoms with Crippen LogP contribution in [0.2, 0.25) is 0 Å². The van der Waals surface area contributed by atoms with Crippen molar-refractivity contribution >= 4 is 29.6 Å². The standard InChI is InChI=1S/C19H30N6O2S/c26-16(8-4-3-7-14-17-13(11-28-14)20-19(27)23-17)22-18-21-15(24-25-18)10-9-12-5-1-2-6-12/h12-14,17H,1-11H2,(H2,20,23,27)(H2,21,22,24,25,26)/t13-,14+,17+/m1/s1. The lowest BCUT2D eigenvalue weighted by molar-refractivity contribution is -0.116. The monoisotopic (exact) mass is 406 g/mol. The Labute approximate surface area is 169 Å². The number of amides is 3. The fourth-order valence-electron chi connectivity index (χ4n) is 4.56. The summed E-state index contributed by atoms with van der Waals surface area (Å²) in [7, 11) is 0. The van der Waals surface area contributed by atoms with Crippen LogP contribution in [0, 0.1) is 5.92 Å². The number of aromatic nitrogens is 3. The molecule has 1 saturated carbocycles. The van der Waals surface area contributed by atoms with Crippen LogP contribution in [0.5, 0.6) is 0 Å². The first kappa shape index (κ1) is 19.5. The van der Waals surface area contributed by atoms with Crippen LogP contribution in [0.3, 0.4) is 0 Å². The minimum absolute atomic E-state index is 0.0332. The van der Waals surface area contributed by atoms with Gasteiger partial charge in [0.05, 0.1) is 12.1 Å². The zero-order valence-corrected chi connectivity index (χ0v) is 17.0. The topological polar surface area (TPSA) is 112 Å². The summed E-state index contributed by atoms with van der Waals surface area (Å²) in [5, 5.41) is 16.3. The molecule has 3 amide bonds. The SMILES string of the molecule is O=C(CCCC[C@@H]1SC[C@H]2NC(=O)N[C@H]12)Nc1n[nH]c(CCC2CCCC2)n1. The Morgan fingerprint density at radius 3 is 2.89 bits per heavy atom. The Bertz CT molecular complexity index is 690. The van der Waals surface area contributed by atoms with Crippen LogP contribution in [-0.4, -0.2) is 50.2 Å². The molecule has 0 aromatic carbocycles. The van der Waals surface area contributed by atoms with Gasteiger partial charge in [-0.1, -0.05) is 32.1 Å². The van der Waals surface area contributed by atoms with Gasteiger partial charge in [0, 0.05) is 23.8 Å². The van der Waals surface area contributed by atoms with Gasteiger partial charge in [0.1, 0.15) is 5.82 Å². The van der Waals surface area contributed by atoms with Gasteiger partial charge in [0.25, 0.3) is 0 Å². The summed E-state index contributed by atoms with van der Waals surface area (Å²) in [4.78, 5) is 27.9. The second-order valence-corrected chi connectivity index (χ2v) is 9.48. The third-order valence-electron chi connectivity index (χ3n) is 6.13. The minimum atomic E-state index is -0.0474. The molecule has 1 aromatic rings. The third-order valence-corrected chi connectivity index (χ3v) is 7.64. The molecule has 0 spiro atoms. The molecule has 2 aliphatic heterocycles. The maximum absolute atomic E-state index is 12.1. The summed E-state index contributed by atoms with van der Waals surface area (Å²) in [5.74, 6) is 3.02. The fraction of sp³-hybridized carbons (Fsp3) is 0.789. The first-order valence-corrected chi connectivity index (χ1v) is 11.6. The zero-order chi connectivity index (χ0) is 19.3. The summed E-state index contributed by atoms with van der Waals surface area (Å²) in [5.41, 5.74) is 0. The van der Waals surface area contributed by atoms with E-state index in [9.17, 15) is 9.59 Å². The van der Waals surface area contributed by atoms with Crippen molar-refractivity contribution < 1.29 is 9.59 Å². The van der Waals surface area contributed by atoms with Gasteiger partial charge in [-0.25, -0.2) is 4.79 Å². The van der Waals surface area contributed by atoms with Crippen LogP contribution in [0.25, 0.3) is 0 Å². The highest BCUT2D eigenvalue weighted by Gasteiger charge is 2.42. The second-order valence-electron chi connectivity index (χ2n) is 8.21. The predicted octanol–water partition coefficient (Wildman–Crippen LogP) is 2.59. The molecule has 3 fully saturated rings. The number of unbranched alkanes of at least 4 members (excludes halogenated alkanes) is 1. The Kier molecular flexibility index (Phi) is 6.39. The first-order chi connectivity index (χ1) is 13.7. The number of rotatable bonds is 9. The van der Waals surface area contributed by atoms with E-state index in [1.54, 1.807) is 0 Å². The fourth-order valence-corrected chi connectivity index (χ4v) is 6.11. The number of thioether (sulfide) groups is 1. The van der Waals surface area contributed by atoms with Gasteiger partial charge < -0.3 is 10.6 Å². The second kappa shape index (κ2) is 9.15. The number of carbonyl (C=O) groups excluding carboxylic acids is 2. The van der Waals surface area contributed by atoms with E-state index in [0.717, 1.165) is 49.6 Å². The normalized spacial score (nSPS) is 26.9. The molecule has 154 valence electrons. The summed E-state index contributed by atoms with van der Waals surface area (Å²) in [6, 6.07) is 0.454. The number of nitrogens with one attached hydrogen (secondary N) is 4. The largest absolute Gasteiger partial charge is 0.332 e. The number of hydrogen-bond acceptors (Lipinski definition) is 5. The molecular formula is C19H30N6O2S. The highest BCUT2D eigenvalue weighted by Crippen LogP contribution is 2.33. The van der Waals surface area contributed by atoms with Gasteiger partial charge in [0.2, 0.25) is 11.9 Å². The number of H-pyrrole nitrogens is 1. The molecule has 0 unspecified atom stereocenters.